The van der Waals surface area contributed by atoms with Crippen molar-refractivity contribution in [3.05, 3.63) is 0 Å². The van der Waals surface area contributed by atoms with E-state index in [9.17, 15) is 13.2 Å². The maximum absolute atomic E-state index is 13.3. The Morgan fingerprint density at radius 2 is 1.94 bits per heavy atom. The van der Waals surface area contributed by atoms with Crippen LogP contribution < -0.4 is 26.6 Å². The average Bonchev–Trinajstić information content (AvgIpc) is 3.40. The summed E-state index contributed by atoms with van der Waals surface area (Å²) in [6, 6.07) is 0.567. The highest BCUT2D eigenvalue weighted by molar-refractivity contribution is 7.90. The SMILES string of the molecule is CN1NCC2CCCC(NS(=O)(=O)C3CNN(C4CC(N5CC(C)(C(N)=O)C5)CCN4)C3)C21. The molecule has 0 aromatic heterocycles. The minimum Gasteiger partial charge on any atom is -0.369 e. The number of primary amides is 1. The molecule has 4 saturated heterocycles. The van der Waals surface area contributed by atoms with E-state index in [0.717, 1.165) is 45.2 Å². The lowest BCUT2D eigenvalue weighted by molar-refractivity contribution is -0.140. The Morgan fingerprint density at radius 3 is 2.70 bits per heavy atom. The Bertz CT molecular complexity index is 848. The van der Waals surface area contributed by atoms with Crippen LogP contribution in [0.5, 0.6) is 0 Å². The predicted molar refractivity (Wildman–Crippen MR) is 125 cm³/mol. The summed E-state index contributed by atoms with van der Waals surface area (Å²) < 4.78 is 29.7. The van der Waals surface area contributed by atoms with Gasteiger partial charge in [-0.25, -0.2) is 23.2 Å². The van der Waals surface area contributed by atoms with Crippen molar-refractivity contribution in [3.63, 3.8) is 0 Å². The van der Waals surface area contributed by atoms with Crippen LogP contribution >= 0.6 is 0 Å². The van der Waals surface area contributed by atoms with E-state index in [1.807, 2.05) is 14.0 Å². The molecule has 12 heteroatoms. The number of nitrogens with one attached hydrogen (secondary N) is 4. The molecule has 1 saturated carbocycles. The van der Waals surface area contributed by atoms with Crippen LogP contribution in [0.2, 0.25) is 0 Å². The first-order valence-corrected chi connectivity index (χ1v) is 14.0. The summed E-state index contributed by atoms with van der Waals surface area (Å²) in [4.78, 5) is 14.0. The third-order valence-electron chi connectivity index (χ3n) is 8.66. The number of fused-ring (bicyclic) bond motifs is 1. The number of hydrogen-bond acceptors (Lipinski definition) is 9. The van der Waals surface area contributed by atoms with E-state index in [1.165, 1.54) is 0 Å². The quantitative estimate of drug-likeness (QED) is 0.289. The van der Waals surface area contributed by atoms with Crippen LogP contribution in [0, 0.1) is 11.3 Å². The largest absolute Gasteiger partial charge is 0.369 e. The molecule has 1 aliphatic carbocycles. The zero-order valence-electron chi connectivity index (χ0n) is 19.8. The number of likely N-dealkylation sites (tertiary alicyclic amines) is 1. The number of nitrogens with two attached hydrogens (primary N) is 1. The van der Waals surface area contributed by atoms with Gasteiger partial charge in [0.25, 0.3) is 0 Å². The molecular weight excluding hydrogens is 444 g/mol. The first-order valence-electron chi connectivity index (χ1n) is 12.4. The predicted octanol–water partition coefficient (Wildman–Crippen LogP) is -2.03. The fraction of sp³-hybridized carbons (Fsp3) is 0.952. The normalized spacial score (nSPS) is 40.4. The molecule has 0 aromatic rings. The van der Waals surface area contributed by atoms with E-state index in [1.54, 1.807) is 0 Å². The van der Waals surface area contributed by atoms with Gasteiger partial charge < -0.3 is 11.1 Å². The molecule has 1 amide bonds. The topological polar surface area (TPSA) is 135 Å². The summed E-state index contributed by atoms with van der Waals surface area (Å²) in [6.45, 7) is 6.05. The number of piperidine rings is 1. The number of carbonyl (C=O) groups excluding carboxylic acids is 1. The Kier molecular flexibility index (Phi) is 6.49. The van der Waals surface area contributed by atoms with Gasteiger partial charge in [0.2, 0.25) is 15.9 Å². The van der Waals surface area contributed by atoms with Crippen molar-refractivity contribution in [3.8, 4) is 0 Å². The van der Waals surface area contributed by atoms with E-state index in [4.69, 9.17) is 5.73 Å². The lowest BCUT2D eigenvalue weighted by Crippen LogP contribution is -2.66. The number of carbonyl (C=O) groups is 1. The van der Waals surface area contributed by atoms with Gasteiger partial charge in [0.15, 0.2) is 0 Å². The molecule has 4 aliphatic heterocycles. The van der Waals surface area contributed by atoms with Crippen LogP contribution in [-0.4, -0.2) is 105 Å². The third kappa shape index (κ3) is 4.56. The third-order valence-corrected chi connectivity index (χ3v) is 10.5. The smallest absolute Gasteiger partial charge is 0.225 e. The molecule has 6 atom stereocenters. The van der Waals surface area contributed by atoms with E-state index in [0.29, 0.717) is 38.1 Å². The molecule has 5 aliphatic rings. The van der Waals surface area contributed by atoms with Gasteiger partial charge in [-0.15, -0.1) is 0 Å². The van der Waals surface area contributed by atoms with Crippen LogP contribution in [0.25, 0.3) is 0 Å². The molecule has 5 rings (SSSR count). The van der Waals surface area contributed by atoms with Gasteiger partial charge in [-0.05, 0) is 45.1 Å². The molecule has 11 nitrogen and oxygen atoms in total. The average molecular weight is 485 g/mol. The number of hydrazine groups is 2. The number of amides is 1. The molecule has 6 unspecified atom stereocenters. The van der Waals surface area contributed by atoms with Crippen LogP contribution in [0.3, 0.4) is 0 Å². The number of hydrogen-bond donors (Lipinski definition) is 5. The van der Waals surface area contributed by atoms with Gasteiger partial charge in [0.1, 0.15) is 5.25 Å². The van der Waals surface area contributed by atoms with Crippen molar-refractivity contribution in [2.24, 2.45) is 17.1 Å². The number of rotatable bonds is 6. The lowest BCUT2D eigenvalue weighted by atomic mass is 9.79. The molecule has 0 spiro atoms. The lowest BCUT2D eigenvalue weighted by Gasteiger charge is -2.52. The Hall–Kier alpha value is -0.860. The van der Waals surface area contributed by atoms with Gasteiger partial charge in [-0.1, -0.05) is 6.42 Å². The van der Waals surface area contributed by atoms with Crippen molar-refractivity contribution < 1.29 is 13.2 Å². The van der Waals surface area contributed by atoms with Crippen LogP contribution in [0.15, 0.2) is 0 Å². The molecule has 6 N–H and O–H groups in total. The highest BCUT2D eigenvalue weighted by Crippen LogP contribution is 2.34. The maximum atomic E-state index is 13.3. The molecule has 0 aromatic carbocycles. The monoisotopic (exact) mass is 484 g/mol. The Balaban J connectivity index is 1.16. The molecule has 0 radical (unpaired) electrons. The molecule has 0 bridgehead atoms. The second kappa shape index (κ2) is 8.98. The van der Waals surface area contributed by atoms with Crippen LogP contribution in [0.1, 0.15) is 39.0 Å². The minimum absolute atomic E-state index is 0.0361. The van der Waals surface area contributed by atoms with Gasteiger partial charge in [0, 0.05) is 57.9 Å². The first-order chi connectivity index (χ1) is 15.7. The number of nitrogens with zero attached hydrogens (tertiary/aromatic N) is 3. The first kappa shape index (κ1) is 23.9. The molecule has 188 valence electrons. The Labute approximate surface area is 197 Å². The van der Waals surface area contributed by atoms with Crippen LogP contribution in [0.4, 0.5) is 0 Å². The fourth-order valence-electron chi connectivity index (χ4n) is 6.60. The van der Waals surface area contributed by atoms with E-state index in [-0.39, 0.29) is 24.2 Å². The van der Waals surface area contributed by atoms with Gasteiger partial charge >= 0.3 is 0 Å². The number of likely N-dealkylation sites (N-methyl/N-ethyl adjacent to an activating group) is 1. The highest BCUT2D eigenvalue weighted by Gasteiger charge is 2.48. The number of sulfonamides is 1. The van der Waals surface area contributed by atoms with Gasteiger partial charge in [-0.2, -0.15) is 0 Å². The Morgan fingerprint density at radius 1 is 1.15 bits per heavy atom. The standard InChI is InChI=1S/C21H40N8O3S/c1-21(20(22)30)12-28(13-21)15-6-7-23-18(8-15)29-11-16(10-25-29)33(31,32)26-17-5-3-4-14-9-24-27(2)19(14)17/h14-19,23-26H,3-13H2,1-2H3,(H2,22,30). The summed E-state index contributed by atoms with van der Waals surface area (Å²) in [5.41, 5.74) is 11.8. The summed E-state index contributed by atoms with van der Waals surface area (Å²) in [5.74, 6) is 0.283. The van der Waals surface area contributed by atoms with Crippen molar-refractivity contribution in [1.82, 2.24) is 35.8 Å². The molecular formula is C21H40N8O3S. The van der Waals surface area contributed by atoms with Crippen molar-refractivity contribution in [2.75, 3.05) is 46.3 Å². The zero-order valence-corrected chi connectivity index (χ0v) is 20.6. The van der Waals surface area contributed by atoms with E-state index >= 15 is 0 Å². The summed E-state index contributed by atoms with van der Waals surface area (Å²) in [6.07, 6.45) is 5.11. The minimum atomic E-state index is -3.44. The van der Waals surface area contributed by atoms with Crippen molar-refractivity contribution in [2.45, 2.75) is 68.6 Å². The second-order valence-electron chi connectivity index (χ2n) is 11.0. The van der Waals surface area contributed by atoms with Gasteiger partial charge in [-0.3, -0.25) is 20.5 Å². The summed E-state index contributed by atoms with van der Waals surface area (Å²) >= 11 is 0. The molecule has 33 heavy (non-hydrogen) atoms. The molecule has 5 fully saturated rings. The van der Waals surface area contributed by atoms with Crippen molar-refractivity contribution >= 4 is 15.9 Å². The van der Waals surface area contributed by atoms with E-state index < -0.39 is 20.7 Å². The maximum Gasteiger partial charge on any atom is 0.225 e. The zero-order chi connectivity index (χ0) is 23.4. The fourth-order valence-corrected chi connectivity index (χ4v) is 8.13. The second-order valence-corrected chi connectivity index (χ2v) is 13.0. The van der Waals surface area contributed by atoms with E-state index in [2.05, 4.69) is 35.8 Å². The van der Waals surface area contributed by atoms with Crippen molar-refractivity contribution in [1.29, 1.82) is 0 Å². The summed E-state index contributed by atoms with van der Waals surface area (Å²) in [5, 5.41) is 7.24. The highest BCUT2D eigenvalue weighted by atomic mass is 32.2. The van der Waals surface area contributed by atoms with Crippen LogP contribution in [-0.2, 0) is 14.8 Å². The van der Waals surface area contributed by atoms with Gasteiger partial charge in [0.05, 0.1) is 11.6 Å². The summed E-state index contributed by atoms with van der Waals surface area (Å²) in [7, 11) is -1.42. The molecule has 4 heterocycles.